The van der Waals surface area contributed by atoms with E-state index in [1.807, 2.05) is 24.3 Å². The molecule has 0 bridgehead atoms. The number of benzene rings is 1. The number of aryl methyl sites for hydroxylation is 1. The highest BCUT2D eigenvalue weighted by molar-refractivity contribution is 5.83. The van der Waals surface area contributed by atoms with E-state index in [0.29, 0.717) is 12.4 Å². The van der Waals surface area contributed by atoms with Crippen molar-refractivity contribution in [3.05, 3.63) is 30.1 Å². The summed E-state index contributed by atoms with van der Waals surface area (Å²) in [5.74, 6) is -0.0961. The molecule has 0 amide bonds. The largest absolute Gasteiger partial charge is 0.494 e. The minimum Gasteiger partial charge on any atom is -0.494 e. The van der Waals surface area contributed by atoms with Crippen LogP contribution in [0.3, 0.4) is 0 Å². The maximum Gasteiger partial charge on any atom is 0.375 e. The van der Waals surface area contributed by atoms with Gasteiger partial charge in [0, 0.05) is 12.6 Å². The van der Waals surface area contributed by atoms with Crippen LogP contribution in [0.5, 0.6) is 5.75 Å². The number of carboxylic acids is 1. The van der Waals surface area contributed by atoms with E-state index in [0.717, 1.165) is 24.2 Å². The first-order valence-electron chi connectivity index (χ1n) is 6.49. The predicted octanol–water partition coefficient (Wildman–Crippen LogP) is 2.36. The Balaban J connectivity index is 2.24. The standard InChI is InChI=1S/C14H17N3O3/c1-3-4-8-20-11-7-5-6-10(9-11)13-15-12(14(18)19)16-17(13)2/h5-7,9H,3-4,8H2,1-2H3,(H,18,19). The van der Waals surface area contributed by atoms with Crippen LogP contribution in [0.4, 0.5) is 0 Å². The van der Waals surface area contributed by atoms with Gasteiger partial charge >= 0.3 is 5.97 Å². The first-order valence-corrected chi connectivity index (χ1v) is 6.49. The quantitative estimate of drug-likeness (QED) is 0.819. The van der Waals surface area contributed by atoms with Crippen molar-refractivity contribution in [3.8, 4) is 17.1 Å². The van der Waals surface area contributed by atoms with Crippen LogP contribution in [-0.2, 0) is 7.05 Å². The molecule has 1 N–H and O–H groups in total. The summed E-state index contributed by atoms with van der Waals surface area (Å²) in [6.07, 6.45) is 2.07. The van der Waals surface area contributed by atoms with Gasteiger partial charge < -0.3 is 9.84 Å². The normalized spacial score (nSPS) is 10.5. The second-order valence-electron chi connectivity index (χ2n) is 4.42. The molecule has 0 aliphatic rings. The minimum absolute atomic E-state index is 0.209. The van der Waals surface area contributed by atoms with Gasteiger partial charge in [-0.05, 0) is 18.6 Å². The molecule has 0 aliphatic carbocycles. The Morgan fingerprint density at radius 1 is 1.45 bits per heavy atom. The van der Waals surface area contributed by atoms with Gasteiger partial charge in [-0.2, -0.15) is 0 Å². The maximum absolute atomic E-state index is 10.9. The van der Waals surface area contributed by atoms with Crippen molar-refractivity contribution in [2.75, 3.05) is 6.61 Å². The number of aromatic nitrogens is 3. The summed E-state index contributed by atoms with van der Waals surface area (Å²) in [5, 5.41) is 12.8. The molecule has 106 valence electrons. The van der Waals surface area contributed by atoms with Gasteiger partial charge in [-0.25, -0.2) is 14.5 Å². The van der Waals surface area contributed by atoms with Gasteiger partial charge in [-0.1, -0.05) is 25.5 Å². The van der Waals surface area contributed by atoms with Crippen molar-refractivity contribution in [1.82, 2.24) is 14.8 Å². The number of hydrogen-bond donors (Lipinski definition) is 1. The van der Waals surface area contributed by atoms with Crippen LogP contribution in [0, 0.1) is 0 Å². The molecule has 0 atom stereocenters. The zero-order chi connectivity index (χ0) is 14.5. The van der Waals surface area contributed by atoms with E-state index in [4.69, 9.17) is 9.84 Å². The summed E-state index contributed by atoms with van der Waals surface area (Å²) >= 11 is 0. The lowest BCUT2D eigenvalue weighted by Crippen LogP contribution is -2.00. The molecule has 0 saturated heterocycles. The topological polar surface area (TPSA) is 77.2 Å². The Kier molecular flexibility index (Phi) is 4.34. The fraction of sp³-hybridized carbons (Fsp3) is 0.357. The highest BCUT2D eigenvalue weighted by Gasteiger charge is 2.14. The van der Waals surface area contributed by atoms with Crippen LogP contribution in [0.2, 0.25) is 0 Å². The number of unbranched alkanes of at least 4 members (excludes halogenated alkanes) is 1. The third kappa shape index (κ3) is 3.14. The first-order chi connectivity index (χ1) is 9.61. The summed E-state index contributed by atoms with van der Waals surface area (Å²) in [7, 11) is 1.67. The van der Waals surface area contributed by atoms with Crippen LogP contribution < -0.4 is 4.74 Å². The lowest BCUT2D eigenvalue weighted by molar-refractivity contribution is 0.0683. The molecule has 1 aromatic heterocycles. The van der Waals surface area contributed by atoms with Gasteiger partial charge in [0.2, 0.25) is 0 Å². The van der Waals surface area contributed by atoms with Crippen molar-refractivity contribution in [3.63, 3.8) is 0 Å². The van der Waals surface area contributed by atoms with Crippen molar-refractivity contribution >= 4 is 5.97 Å². The summed E-state index contributed by atoms with van der Waals surface area (Å²) < 4.78 is 7.08. The Hall–Kier alpha value is -2.37. The first kappa shape index (κ1) is 14.0. The zero-order valence-electron chi connectivity index (χ0n) is 11.5. The second-order valence-corrected chi connectivity index (χ2v) is 4.42. The fourth-order valence-electron chi connectivity index (χ4n) is 1.79. The average Bonchev–Trinajstić information content (AvgIpc) is 2.82. The smallest absolute Gasteiger partial charge is 0.375 e. The Morgan fingerprint density at radius 3 is 2.90 bits per heavy atom. The summed E-state index contributed by atoms with van der Waals surface area (Å²) in [5.41, 5.74) is 0.779. The Labute approximate surface area is 117 Å². The van der Waals surface area contributed by atoms with Crippen LogP contribution in [0.15, 0.2) is 24.3 Å². The van der Waals surface area contributed by atoms with Crippen molar-refractivity contribution in [2.45, 2.75) is 19.8 Å². The third-order valence-corrected chi connectivity index (χ3v) is 2.81. The second kappa shape index (κ2) is 6.18. The molecule has 2 aromatic rings. The SMILES string of the molecule is CCCCOc1cccc(-c2nc(C(=O)O)nn2C)c1. The number of ether oxygens (including phenoxy) is 1. The monoisotopic (exact) mass is 275 g/mol. The van der Waals surface area contributed by atoms with Gasteiger partial charge in [0.05, 0.1) is 6.61 Å². The molecule has 0 fully saturated rings. The van der Waals surface area contributed by atoms with Crippen LogP contribution in [0.1, 0.15) is 30.4 Å². The van der Waals surface area contributed by atoms with Gasteiger partial charge in [0.25, 0.3) is 5.82 Å². The van der Waals surface area contributed by atoms with Gasteiger partial charge in [0.1, 0.15) is 5.75 Å². The maximum atomic E-state index is 10.9. The Bertz CT molecular complexity index is 607. The van der Waals surface area contributed by atoms with Gasteiger partial charge in [-0.15, -0.1) is 5.10 Å². The molecule has 1 heterocycles. The summed E-state index contributed by atoms with van der Waals surface area (Å²) in [6.45, 7) is 2.77. The van der Waals surface area contributed by atoms with Crippen LogP contribution in [0.25, 0.3) is 11.4 Å². The van der Waals surface area contributed by atoms with Gasteiger partial charge in [0.15, 0.2) is 5.82 Å². The van der Waals surface area contributed by atoms with Crippen LogP contribution in [-0.4, -0.2) is 32.4 Å². The number of hydrogen-bond acceptors (Lipinski definition) is 4. The number of aromatic carboxylic acids is 1. The van der Waals surface area contributed by atoms with Crippen LogP contribution >= 0.6 is 0 Å². The van der Waals surface area contributed by atoms with Crippen molar-refractivity contribution < 1.29 is 14.6 Å². The number of rotatable bonds is 6. The lowest BCUT2D eigenvalue weighted by atomic mass is 10.2. The third-order valence-electron chi connectivity index (χ3n) is 2.81. The van der Waals surface area contributed by atoms with Gasteiger partial charge in [-0.3, -0.25) is 0 Å². The minimum atomic E-state index is -1.14. The highest BCUT2D eigenvalue weighted by Crippen LogP contribution is 2.22. The van der Waals surface area contributed by atoms with E-state index in [2.05, 4.69) is 17.0 Å². The molecule has 0 saturated carbocycles. The van der Waals surface area contributed by atoms with E-state index in [-0.39, 0.29) is 5.82 Å². The molecule has 0 aliphatic heterocycles. The predicted molar refractivity (Wildman–Crippen MR) is 73.8 cm³/mol. The van der Waals surface area contributed by atoms with E-state index >= 15 is 0 Å². The van der Waals surface area contributed by atoms with E-state index in [1.54, 1.807) is 7.05 Å². The molecular weight excluding hydrogens is 258 g/mol. The molecule has 1 aromatic carbocycles. The fourth-order valence-corrected chi connectivity index (χ4v) is 1.79. The molecule has 0 spiro atoms. The molecule has 0 radical (unpaired) electrons. The number of nitrogens with zero attached hydrogens (tertiary/aromatic N) is 3. The van der Waals surface area contributed by atoms with E-state index in [1.165, 1.54) is 4.68 Å². The molecule has 20 heavy (non-hydrogen) atoms. The van der Waals surface area contributed by atoms with E-state index in [9.17, 15) is 4.79 Å². The summed E-state index contributed by atoms with van der Waals surface area (Å²) in [6, 6.07) is 7.41. The molecule has 6 nitrogen and oxygen atoms in total. The average molecular weight is 275 g/mol. The highest BCUT2D eigenvalue weighted by atomic mass is 16.5. The number of carboxylic acid groups (broad SMARTS) is 1. The zero-order valence-corrected chi connectivity index (χ0v) is 11.5. The Morgan fingerprint density at radius 2 is 2.25 bits per heavy atom. The molecule has 6 heteroatoms. The summed E-state index contributed by atoms with van der Waals surface area (Å²) in [4.78, 5) is 14.9. The van der Waals surface area contributed by atoms with Crippen molar-refractivity contribution in [1.29, 1.82) is 0 Å². The van der Waals surface area contributed by atoms with E-state index < -0.39 is 5.97 Å². The molecule has 2 rings (SSSR count). The van der Waals surface area contributed by atoms with Crippen molar-refractivity contribution in [2.24, 2.45) is 7.05 Å². The lowest BCUT2D eigenvalue weighted by Gasteiger charge is -2.07. The number of carbonyl (C=O) groups is 1. The molecule has 0 unspecified atom stereocenters. The molecular formula is C14H17N3O3.